The molecule has 4 heteroatoms. The lowest BCUT2D eigenvalue weighted by atomic mass is 10.1. The molecule has 2 aromatic rings. The standard InChI is InChI=1S/C12H12BrN3/c1-8-11(6-14)16-12(7-15-8)9-4-2-3-5-10(9)13/h2-5,7H,6,14H2,1H3. The highest BCUT2D eigenvalue weighted by atomic mass is 79.9. The van der Waals surface area contributed by atoms with Crippen LogP contribution in [0.4, 0.5) is 0 Å². The van der Waals surface area contributed by atoms with Gasteiger partial charge in [-0.2, -0.15) is 0 Å². The average Bonchev–Trinajstić information content (AvgIpc) is 2.31. The van der Waals surface area contributed by atoms with Gasteiger partial charge in [-0.15, -0.1) is 0 Å². The Morgan fingerprint density at radius 2 is 2.06 bits per heavy atom. The van der Waals surface area contributed by atoms with E-state index in [1.807, 2.05) is 31.2 Å². The molecule has 0 aliphatic carbocycles. The Balaban J connectivity index is 2.53. The Bertz CT molecular complexity index is 511. The van der Waals surface area contributed by atoms with Gasteiger partial charge in [0.1, 0.15) is 0 Å². The summed E-state index contributed by atoms with van der Waals surface area (Å²) in [7, 11) is 0. The molecule has 0 saturated heterocycles. The summed E-state index contributed by atoms with van der Waals surface area (Å²) < 4.78 is 1.01. The van der Waals surface area contributed by atoms with Gasteiger partial charge in [-0.25, -0.2) is 4.98 Å². The summed E-state index contributed by atoms with van der Waals surface area (Å²) >= 11 is 3.50. The number of halogens is 1. The van der Waals surface area contributed by atoms with Gasteiger partial charge >= 0.3 is 0 Å². The van der Waals surface area contributed by atoms with Crippen molar-refractivity contribution in [3.8, 4) is 11.3 Å². The predicted molar refractivity (Wildman–Crippen MR) is 67.8 cm³/mol. The van der Waals surface area contributed by atoms with Crippen molar-refractivity contribution in [3.63, 3.8) is 0 Å². The van der Waals surface area contributed by atoms with Crippen molar-refractivity contribution in [1.82, 2.24) is 9.97 Å². The number of aromatic nitrogens is 2. The van der Waals surface area contributed by atoms with Gasteiger partial charge in [0.05, 0.1) is 23.3 Å². The minimum Gasteiger partial charge on any atom is -0.325 e. The third-order valence-electron chi connectivity index (χ3n) is 2.40. The molecule has 0 spiro atoms. The molecule has 0 aliphatic heterocycles. The molecule has 82 valence electrons. The third kappa shape index (κ3) is 2.13. The van der Waals surface area contributed by atoms with Crippen LogP contribution in [0.2, 0.25) is 0 Å². The van der Waals surface area contributed by atoms with Crippen LogP contribution in [0.5, 0.6) is 0 Å². The van der Waals surface area contributed by atoms with Crippen molar-refractivity contribution in [3.05, 3.63) is 46.3 Å². The first kappa shape index (κ1) is 11.2. The third-order valence-corrected chi connectivity index (χ3v) is 3.09. The predicted octanol–water partition coefficient (Wildman–Crippen LogP) is 2.67. The molecule has 0 aliphatic rings. The molecular formula is C12H12BrN3. The van der Waals surface area contributed by atoms with Crippen molar-refractivity contribution in [2.45, 2.75) is 13.5 Å². The van der Waals surface area contributed by atoms with Crippen LogP contribution in [0.3, 0.4) is 0 Å². The monoisotopic (exact) mass is 277 g/mol. The lowest BCUT2D eigenvalue weighted by molar-refractivity contribution is 0.932. The lowest BCUT2D eigenvalue weighted by Crippen LogP contribution is -2.05. The Morgan fingerprint density at radius 3 is 2.75 bits per heavy atom. The minimum atomic E-state index is 0.414. The maximum absolute atomic E-state index is 5.62. The molecule has 1 aromatic carbocycles. The number of hydrogen-bond acceptors (Lipinski definition) is 3. The first-order chi connectivity index (χ1) is 7.72. The molecule has 2 rings (SSSR count). The first-order valence-electron chi connectivity index (χ1n) is 5.00. The average molecular weight is 278 g/mol. The molecule has 1 aromatic heterocycles. The first-order valence-corrected chi connectivity index (χ1v) is 5.79. The fourth-order valence-electron chi connectivity index (χ4n) is 1.48. The van der Waals surface area contributed by atoms with Crippen molar-refractivity contribution >= 4 is 15.9 Å². The van der Waals surface area contributed by atoms with Crippen molar-refractivity contribution < 1.29 is 0 Å². The SMILES string of the molecule is Cc1ncc(-c2ccccc2Br)nc1CN. The molecule has 16 heavy (non-hydrogen) atoms. The second-order valence-corrected chi connectivity index (χ2v) is 4.33. The zero-order valence-electron chi connectivity index (χ0n) is 8.94. The fraction of sp³-hybridized carbons (Fsp3) is 0.167. The van der Waals surface area contributed by atoms with E-state index in [9.17, 15) is 0 Å². The molecule has 0 bridgehead atoms. The molecule has 0 radical (unpaired) electrons. The van der Waals surface area contributed by atoms with Gasteiger partial charge in [-0.3, -0.25) is 4.98 Å². The van der Waals surface area contributed by atoms with Crippen LogP contribution in [0.25, 0.3) is 11.3 Å². The van der Waals surface area contributed by atoms with E-state index in [0.717, 1.165) is 27.1 Å². The van der Waals surface area contributed by atoms with E-state index < -0.39 is 0 Å². The van der Waals surface area contributed by atoms with Crippen molar-refractivity contribution in [1.29, 1.82) is 0 Å². The van der Waals surface area contributed by atoms with Gasteiger partial charge in [0.15, 0.2) is 0 Å². The van der Waals surface area contributed by atoms with Gasteiger partial charge in [0, 0.05) is 16.6 Å². The quantitative estimate of drug-likeness (QED) is 0.918. The highest BCUT2D eigenvalue weighted by Gasteiger charge is 2.06. The number of nitrogens with two attached hydrogens (primary N) is 1. The topological polar surface area (TPSA) is 51.8 Å². The number of nitrogens with zero attached hydrogens (tertiary/aromatic N) is 2. The largest absolute Gasteiger partial charge is 0.325 e. The van der Waals surface area contributed by atoms with Crippen LogP contribution < -0.4 is 5.73 Å². The minimum absolute atomic E-state index is 0.414. The van der Waals surface area contributed by atoms with E-state index in [4.69, 9.17) is 5.73 Å². The summed E-state index contributed by atoms with van der Waals surface area (Å²) in [5.41, 5.74) is 9.23. The van der Waals surface area contributed by atoms with Crippen molar-refractivity contribution in [2.24, 2.45) is 5.73 Å². The van der Waals surface area contributed by atoms with Gasteiger partial charge < -0.3 is 5.73 Å². The van der Waals surface area contributed by atoms with E-state index >= 15 is 0 Å². The van der Waals surface area contributed by atoms with Crippen LogP contribution in [-0.2, 0) is 6.54 Å². The van der Waals surface area contributed by atoms with E-state index in [2.05, 4.69) is 25.9 Å². The molecule has 0 atom stereocenters. The van der Waals surface area contributed by atoms with Crippen LogP contribution >= 0.6 is 15.9 Å². The molecule has 3 nitrogen and oxygen atoms in total. The molecule has 0 fully saturated rings. The van der Waals surface area contributed by atoms with Gasteiger partial charge in [-0.1, -0.05) is 34.1 Å². The lowest BCUT2D eigenvalue weighted by Gasteiger charge is -2.06. The summed E-state index contributed by atoms with van der Waals surface area (Å²) in [4.78, 5) is 8.81. The normalized spacial score (nSPS) is 10.4. The Morgan fingerprint density at radius 1 is 1.31 bits per heavy atom. The summed E-state index contributed by atoms with van der Waals surface area (Å²) in [6.45, 7) is 2.33. The second-order valence-electron chi connectivity index (χ2n) is 3.47. The zero-order valence-corrected chi connectivity index (χ0v) is 10.5. The summed E-state index contributed by atoms with van der Waals surface area (Å²) in [5, 5.41) is 0. The summed E-state index contributed by atoms with van der Waals surface area (Å²) in [6.07, 6.45) is 1.77. The Hall–Kier alpha value is -1.26. The molecule has 1 heterocycles. The smallest absolute Gasteiger partial charge is 0.0900 e. The van der Waals surface area contributed by atoms with Gasteiger partial charge in [0.2, 0.25) is 0 Å². The zero-order chi connectivity index (χ0) is 11.5. The number of aryl methyl sites for hydroxylation is 1. The summed E-state index contributed by atoms with van der Waals surface area (Å²) in [6, 6.07) is 7.94. The molecule has 0 amide bonds. The molecule has 2 N–H and O–H groups in total. The number of hydrogen-bond donors (Lipinski definition) is 1. The number of benzene rings is 1. The fourth-order valence-corrected chi connectivity index (χ4v) is 1.97. The van der Waals surface area contributed by atoms with E-state index in [-0.39, 0.29) is 0 Å². The van der Waals surface area contributed by atoms with E-state index in [1.165, 1.54) is 0 Å². The Labute approximate surface area is 103 Å². The molecule has 0 unspecified atom stereocenters. The molecular weight excluding hydrogens is 266 g/mol. The van der Waals surface area contributed by atoms with Crippen LogP contribution in [-0.4, -0.2) is 9.97 Å². The maximum atomic E-state index is 5.62. The summed E-state index contributed by atoms with van der Waals surface area (Å²) in [5.74, 6) is 0. The number of rotatable bonds is 2. The van der Waals surface area contributed by atoms with Gasteiger partial charge in [0.25, 0.3) is 0 Å². The van der Waals surface area contributed by atoms with E-state index in [1.54, 1.807) is 6.20 Å². The van der Waals surface area contributed by atoms with Crippen LogP contribution in [0.1, 0.15) is 11.4 Å². The van der Waals surface area contributed by atoms with Gasteiger partial charge in [-0.05, 0) is 13.0 Å². The van der Waals surface area contributed by atoms with Crippen LogP contribution in [0, 0.1) is 6.92 Å². The van der Waals surface area contributed by atoms with E-state index in [0.29, 0.717) is 6.54 Å². The Kier molecular flexibility index (Phi) is 3.31. The highest BCUT2D eigenvalue weighted by Crippen LogP contribution is 2.26. The van der Waals surface area contributed by atoms with Crippen molar-refractivity contribution in [2.75, 3.05) is 0 Å². The highest BCUT2D eigenvalue weighted by molar-refractivity contribution is 9.10. The van der Waals surface area contributed by atoms with Crippen LogP contribution in [0.15, 0.2) is 34.9 Å². The second kappa shape index (κ2) is 4.72. The maximum Gasteiger partial charge on any atom is 0.0900 e. The molecule has 0 saturated carbocycles.